The lowest BCUT2D eigenvalue weighted by molar-refractivity contribution is 0.625. The number of nitrogens with zero attached hydrogens (tertiary/aromatic N) is 4. The summed E-state index contributed by atoms with van der Waals surface area (Å²) in [5.74, 6) is 0.579. The van der Waals surface area contributed by atoms with Crippen molar-refractivity contribution in [2.24, 2.45) is 0 Å². The molecule has 0 fully saturated rings. The molecule has 0 spiro atoms. The normalized spacial score (nSPS) is 15.5. The van der Waals surface area contributed by atoms with Crippen LogP contribution in [0.2, 0.25) is 0 Å². The van der Waals surface area contributed by atoms with Gasteiger partial charge >= 0.3 is 0 Å². The maximum absolute atomic E-state index is 4.42. The van der Waals surface area contributed by atoms with Gasteiger partial charge in [0.1, 0.15) is 5.69 Å². The Morgan fingerprint density at radius 1 is 1.04 bits per heavy atom. The number of nitrogens with one attached hydrogen (secondary N) is 2. The zero-order valence-corrected chi connectivity index (χ0v) is 14.1. The fourth-order valence-corrected chi connectivity index (χ4v) is 4.78. The van der Waals surface area contributed by atoms with Crippen molar-refractivity contribution in [3.63, 3.8) is 0 Å². The number of fused-ring (bicyclic) bond motifs is 1. The number of aromatic amines is 2. The minimum Gasteiger partial charge on any atom is -0.281 e. The molecule has 4 aromatic rings. The molecule has 1 aliphatic carbocycles. The first-order valence-electron chi connectivity index (χ1n) is 7.43. The van der Waals surface area contributed by atoms with Gasteiger partial charge in [-0.2, -0.15) is 27.8 Å². The number of hydrogen-bond donors (Lipinski definition) is 2. The molecule has 8 heteroatoms. The molecule has 0 saturated carbocycles. The second-order valence-corrected chi connectivity index (χ2v) is 7.28. The Morgan fingerprint density at radius 3 is 2.46 bits per heavy atom. The Morgan fingerprint density at radius 2 is 1.83 bits per heavy atom. The van der Waals surface area contributed by atoms with Crippen LogP contribution >= 0.6 is 22.7 Å². The minimum atomic E-state index is -0.156. The van der Waals surface area contributed by atoms with E-state index in [4.69, 9.17) is 0 Å². The Kier molecular flexibility index (Phi) is 3.00. The molecule has 0 aliphatic heterocycles. The summed E-state index contributed by atoms with van der Waals surface area (Å²) < 4.78 is 0. The first-order valence-corrected chi connectivity index (χ1v) is 9.31. The van der Waals surface area contributed by atoms with Crippen LogP contribution < -0.4 is 0 Å². The van der Waals surface area contributed by atoms with Gasteiger partial charge in [0.15, 0.2) is 0 Å². The van der Waals surface area contributed by atoms with Crippen molar-refractivity contribution in [3.05, 3.63) is 62.1 Å². The minimum absolute atomic E-state index is 0.156. The first kappa shape index (κ1) is 13.8. The predicted molar refractivity (Wildman–Crippen MR) is 93.9 cm³/mol. The highest BCUT2D eigenvalue weighted by Gasteiger charge is 2.37. The van der Waals surface area contributed by atoms with Crippen LogP contribution in [0, 0.1) is 0 Å². The lowest BCUT2D eigenvalue weighted by Crippen LogP contribution is -2.29. The van der Waals surface area contributed by atoms with Crippen molar-refractivity contribution < 1.29 is 0 Å². The van der Waals surface area contributed by atoms with Crippen molar-refractivity contribution in [2.45, 2.75) is 11.8 Å². The summed E-state index contributed by atoms with van der Waals surface area (Å²) in [5.41, 5.74) is 5.37. The standard InChI is InChI=1S/C16H12N6S2/c1-4-16(10-2-5-23-8-10,11-3-6-24-9-11)7-13-12(1)14(18-17-13)15-19-21-22-20-15/h1-6,8-9H,7H2,(H,17,18)(H,19,20,21,22). The Hall–Kier alpha value is -2.58. The summed E-state index contributed by atoms with van der Waals surface area (Å²) in [5, 5.41) is 30.4. The lowest BCUT2D eigenvalue weighted by atomic mass is 9.70. The summed E-state index contributed by atoms with van der Waals surface area (Å²) >= 11 is 3.45. The average Bonchev–Trinajstić information content (AvgIpc) is 3.43. The number of hydrogen-bond acceptors (Lipinski definition) is 6. The molecule has 0 atom stereocenters. The maximum atomic E-state index is 4.42. The van der Waals surface area contributed by atoms with E-state index in [1.165, 1.54) is 11.1 Å². The highest BCUT2D eigenvalue weighted by atomic mass is 32.1. The molecule has 24 heavy (non-hydrogen) atoms. The van der Waals surface area contributed by atoms with E-state index in [1.54, 1.807) is 22.7 Å². The molecule has 0 bridgehead atoms. The predicted octanol–water partition coefficient (Wildman–Crippen LogP) is 3.27. The van der Waals surface area contributed by atoms with Gasteiger partial charge in [-0.05, 0) is 55.2 Å². The van der Waals surface area contributed by atoms with Gasteiger partial charge in [0.25, 0.3) is 0 Å². The third-order valence-corrected chi connectivity index (χ3v) is 5.88. The second kappa shape index (κ2) is 5.22. The van der Waals surface area contributed by atoms with Gasteiger partial charge in [0.05, 0.1) is 0 Å². The molecule has 118 valence electrons. The zero-order chi connectivity index (χ0) is 16.0. The van der Waals surface area contributed by atoms with E-state index in [2.05, 4.69) is 76.6 Å². The summed E-state index contributed by atoms with van der Waals surface area (Å²) in [7, 11) is 0. The fraction of sp³-hybridized carbons (Fsp3) is 0.125. The largest absolute Gasteiger partial charge is 0.281 e. The molecular formula is C16H12N6S2. The van der Waals surface area contributed by atoms with Gasteiger partial charge in [0.2, 0.25) is 5.82 Å². The van der Waals surface area contributed by atoms with E-state index in [9.17, 15) is 0 Å². The number of tetrazole rings is 1. The van der Waals surface area contributed by atoms with Gasteiger partial charge in [0, 0.05) is 23.1 Å². The van der Waals surface area contributed by atoms with Crippen LogP contribution in [0.1, 0.15) is 22.4 Å². The molecule has 0 saturated heterocycles. The molecule has 2 N–H and O–H groups in total. The summed E-state index contributed by atoms with van der Waals surface area (Å²) in [4.78, 5) is 0. The quantitative estimate of drug-likeness (QED) is 0.593. The molecule has 0 amide bonds. The van der Waals surface area contributed by atoms with Gasteiger partial charge < -0.3 is 0 Å². The highest BCUT2D eigenvalue weighted by molar-refractivity contribution is 7.08. The number of rotatable bonds is 3. The third kappa shape index (κ3) is 1.93. The van der Waals surface area contributed by atoms with E-state index in [1.807, 2.05) is 0 Å². The van der Waals surface area contributed by atoms with Crippen LogP contribution in [-0.4, -0.2) is 30.8 Å². The Bertz CT molecular complexity index is 946. The number of thiophene rings is 2. The van der Waals surface area contributed by atoms with Gasteiger partial charge in [-0.3, -0.25) is 5.10 Å². The number of H-pyrrole nitrogens is 2. The third-order valence-electron chi connectivity index (χ3n) is 4.52. The average molecular weight is 352 g/mol. The highest BCUT2D eigenvalue weighted by Crippen LogP contribution is 2.43. The second-order valence-electron chi connectivity index (χ2n) is 5.72. The smallest absolute Gasteiger partial charge is 0.200 e. The monoisotopic (exact) mass is 352 g/mol. The van der Waals surface area contributed by atoms with Crippen LogP contribution in [0.5, 0.6) is 0 Å². The van der Waals surface area contributed by atoms with Crippen molar-refractivity contribution in [1.82, 2.24) is 30.8 Å². The lowest BCUT2D eigenvalue weighted by Gasteiger charge is -2.32. The molecule has 1 aliphatic rings. The molecule has 4 heterocycles. The number of allylic oxidation sites excluding steroid dienone is 1. The van der Waals surface area contributed by atoms with E-state index in [0.717, 1.165) is 23.4 Å². The molecular weight excluding hydrogens is 340 g/mol. The first-order chi connectivity index (χ1) is 11.9. The SMILES string of the molecule is C1=CC(c2ccsc2)(c2ccsc2)Cc2[nH]nc(-c3nnn[nH]3)c21. The topological polar surface area (TPSA) is 83.1 Å². The Balaban J connectivity index is 1.66. The molecule has 4 aromatic heterocycles. The van der Waals surface area contributed by atoms with E-state index < -0.39 is 0 Å². The van der Waals surface area contributed by atoms with Crippen LogP contribution in [0.25, 0.3) is 17.6 Å². The van der Waals surface area contributed by atoms with Crippen LogP contribution in [0.15, 0.2) is 39.7 Å². The summed E-state index contributed by atoms with van der Waals surface area (Å²) in [6, 6.07) is 4.41. The fourth-order valence-electron chi connectivity index (χ4n) is 3.30. The van der Waals surface area contributed by atoms with Crippen molar-refractivity contribution in [3.8, 4) is 11.5 Å². The molecule has 0 radical (unpaired) electrons. The van der Waals surface area contributed by atoms with Crippen LogP contribution in [0.3, 0.4) is 0 Å². The summed E-state index contributed by atoms with van der Waals surface area (Å²) in [6.45, 7) is 0. The zero-order valence-electron chi connectivity index (χ0n) is 12.4. The number of aromatic nitrogens is 6. The van der Waals surface area contributed by atoms with Crippen LogP contribution in [0.4, 0.5) is 0 Å². The van der Waals surface area contributed by atoms with E-state index in [0.29, 0.717) is 5.82 Å². The molecule has 0 aromatic carbocycles. The van der Waals surface area contributed by atoms with E-state index in [-0.39, 0.29) is 5.41 Å². The van der Waals surface area contributed by atoms with Gasteiger partial charge in [-0.15, -0.1) is 5.10 Å². The van der Waals surface area contributed by atoms with Crippen molar-refractivity contribution in [1.29, 1.82) is 0 Å². The van der Waals surface area contributed by atoms with Crippen molar-refractivity contribution >= 4 is 28.7 Å². The summed E-state index contributed by atoms with van der Waals surface area (Å²) in [6.07, 6.45) is 5.25. The van der Waals surface area contributed by atoms with Gasteiger partial charge in [-0.1, -0.05) is 12.2 Å². The van der Waals surface area contributed by atoms with Crippen LogP contribution in [-0.2, 0) is 11.8 Å². The molecule has 6 nitrogen and oxygen atoms in total. The van der Waals surface area contributed by atoms with Gasteiger partial charge in [-0.25, -0.2) is 5.10 Å². The molecule has 5 rings (SSSR count). The molecule has 0 unspecified atom stereocenters. The van der Waals surface area contributed by atoms with E-state index >= 15 is 0 Å². The maximum Gasteiger partial charge on any atom is 0.200 e. The Labute approximate surface area is 145 Å². The van der Waals surface area contributed by atoms with Crippen molar-refractivity contribution in [2.75, 3.05) is 0 Å².